The zero-order valence-corrected chi connectivity index (χ0v) is 48.8. The lowest BCUT2D eigenvalue weighted by Gasteiger charge is -2.25. The summed E-state index contributed by atoms with van der Waals surface area (Å²) in [4.78, 5) is 37.2. The number of nitrogens with zero attached hydrogens (tertiary/aromatic N) is 11. The first kappa shape index (κ1) is 54.5. The van der Waals surface area contributed by atoms with Gasteiger partial charge in [0.15, 0.2) is 28.7 Å². The second kappa shape index (κ2) is 19.5. The van der Waals surface area contributed by atoms with E-state index >= 15 is 0 Å². The highest BCUT2D eigenvalue weighted by Gasteiger charge is 2.73. The molecule has 84 heavy (non-hydrogen) atoms. The molecular weight excluding hydrogens is 1090 g/mol. The van der Waals surface area contributed by atoms with Gasteiger partial charge in [-0.3, -0.25) is 0 Å². The molecule has 0 aromatic carbocycles. The summed E-state index contributed by atoms with van der Waals surface area (Å²) >= 11 is 6.14. The molecule has 6 bridgehead atoms. The molecular formula is C61H81ClN14O8. The van der Waals surface area contributed by atoms with Crippen LogP contribution in [-0.4, -0.2) is 168 Å². The van der Waals surface area contributed by atoms with E-state index in [1.165, 1.54) is 77.0 Å². The number of rotatable bonds is 12. The van der Waals surface area contributed by atoms with Gasteiger partial charge < -0.3 is 70.5 Å². The van der Waals surface area contributed by atoms with Crippen LogP contribution in [0.2, 0.25) is 0 Å². The van der Waals surface area contributed by atoms with Crippen LogP contribution >= 0.6 is 11.6 Å². The second-order valence-corrected chi connectivity index (χ2v) is 28.9. The fourth-order valence-electron chi connectivity index (χ4n) is 19.6. The van der Waals surface area contributed by atoms with E-state index < -0.39 is 47.5 Å². The van der Waals surface area contributed by atoms with Gasteiger partial charge in [-0.15, -0.1) is 11.6 Å². The Hall–Kier alpha value is -4.91. The van der Waals surface area contributed by atoms with Gasteiger partial charge >= 0.3 is 0 Å². The fourth-order valence-corrected chi connectivity index (χ4v) is 20.0. The van der Waals surface area contributed by atoms with E-state index in [-0.39, 0.29) is 54.5 Å². The Kier molecular flexibility index (Phi) is 12.7. The van der Waals surface area contributed by atoms with Crippen LogP contribution in [0.3, 0.4) is 0 Å². The normalized spacial score (nSPS) is 43.6. The number of imidazole rings is 3. The molecule has 18 rings (SSSR count). The molecule has 0 saturated heterocycles. The molecule has 6 aromatic heterocycles. The highest BCUT2D eigenvalue weighted by Crippen LogP contribution is 2.70. The first-order valence-electron chi connectivity index (χ1n) is 31.5. The molecule has 0 radical (unpaired) electrons. The van der Waals surface area contributed by atoms with Crippen molar-refractivity contribution in [2.24, 2.45) is 69.5 Å². The lowest BCUT2D eigenvalue weighted by Crippen LogP contribution is -2.35. The standard InChI is InChI=1S/C21H28N4O3.C20H26ClN5O2.C20H27N5O3/c1-10-4-15-16(20(23-10)24-14-6-11-2-3-12(14)5-11)22-9-25(15)17-13-7-21(13,8-26)19(28)18(17)27;1-9-23-18(25-13-5-10-2-3-11(13)4-10)14-19(24-9)26(8-22-14)15-12-6-20(12,7-21)17(28)16(15)27;1-9-22-18(24-13-5-10-2-3-11(13)4-10)14-19(23-9)25(8-21-14)15-12-6-20(12,7-26)17(28)16(15)27/h4,9,11-14,17-19,26-28H,2-3,5-8H2,1H3,(H,23,24);8,10-13,15-17,27-28H,2-7H2,1H3,(H,23,24,25);8,10-13,15-17,26-28H,2-7H2,1H3,(H,22,23,24)/t11?,12?,13?,14?,17-,18+,19?,21+;2*10?,11?,12?,13?,15-,16+,17?,20+/m111/s1. The lowest BCUT2D eigenvalue weighted by molar-refractivity contribution is -0.0300. The Balaban J connectivity index is 0.000000103. The summed E-state index contributed by atoms with van der Waals surface area (Å²) in [6.45, 7) is 5.55. The van der Waals surface area contributed by atoms with Gasteiger partial charge in [0, 0.05) is 45.9 Å². The Labute approximate surface area is 491 Å². The van der Waals surface area contributed by atoms with Crippen molar-refractivity contribution in [1.29, 1.82) is 0 Å². The predicted molar refractivity (Wildman–Crippen MR) is 311 cm³/mol. The van der Waals surface area contributed by atoms with Crippen molar-refractivity contribution >= 4 is 62.4 Å². The molecule has 0 spiro atoms. The highest BCUT2D eigenvalue weighted by atomic mass is 35.5. The van der Waals surface area contributed by atoms with Crippen LogP contribution in [0.5, 0.6) is 0 Å². The largest absolute Gasteiger partial charge is 0.396 e. The van der Waals surface area contributed by atoms with Crippen LogP contribution in [0.4, 0.5) is 17.5 Å². The van der Waals surface area contributed by atoms with Crippen molar-refractivity contribution in [2.75, 3.05) is 35.0 Å². The van der Waals surface area contributed by atoms with E-state index in [0.717, 1.165) is 99.2 Å². The molecule has 23 heteroatoms. The summed E-state index contributed by atoms with van der Waals surface area (Å²) < 4.78 is 5.83. The summed E-state index contributed by atoms with van der Waals surface area (Å²) in [5, 5.41) is 94.1. The second-order valence-electron chi connectivity index (χ2n) is 28.7. The van der Waals surface area contributed by atoms with Crippen molar-refractivity contribution in [3.8, 4) is 0 Å². The van der Waals surface area contributed by atoms with Crippen LogP contribution in [0.15, 0.2) is 25.0 Å². The van der Waals surface area contributed by atoms with Crippen molar-refractivity contribution in [3.05, 3.63) is 42.4 Å². The van der Waals surface area contributed by atoms with Crippen LogP contribution in [0.25, 0.3) is 33.4 Å². The molecule has 12 fully saturated rings. The van der Waals surface area contributed by atoms with E-state index in [4.69, 9.17) is 16.6 Å². The average Bonchev–Trinajstić information content (AvgIpc) is 1.63. The predicted octanol–water partition coefficient (Wildman–Crippen LogP) is 4.88. The van der Waals surface area contributed by atoms with Crippen LogP contribution in [0, 0.1) is 90.3 Å². The number of aliphatic hydroxyl groups is 8. The van der Waals surface area contributed by atoms with Crippen molar-refractivity contribution in [2.45, 2.75) is 190 Å². The Morgan fingerprint density at radius 3 is 1.25 bits per heavy atom. The first-order chi connectivity index (χ1) is 40.5. The van der Waals surface area contributed by atoms with Crippen LogP contribution < -0.4 is 16.0 Å². The molecule has 6 aromatic rings. The SMILES string of the molecule is Cc1cc2c(ncn2[C@@H]2C3C[C@@]3(CO)C(O)[C@H]2O)c(NC2CC3CCC2C3)n1.Cc1nc(NC2CC3CCC2C3)c2ncn([C@@H]3C4C[C@@]4(CCl)C(O)[C@H]3O)c2n1.Cc1nc(NC2CC3CCC2C3)c2ncn([C@@H]3C4C[C@@]4(CO)C(O)[C@H]3O)c2n1. The van der Waals surface area contributed by atoms with Crippen LogP contribution in [0.1, 0.15) is 132 Å². The zero-order chi connectivity index (χ0) is 57.6. The van der Waals surface area contributed by atoms with Crippen molar-refractivity contribution < 1.29 is 40.9 Å². The number of hydrogen-bond acceptors (Lipinski definition) is 19. The number of nitrogens with one attached hydrogen (secondary N) is 3. The molecule has 24 atom stereocenters. The van der Waals surface area contributed by atoms with Crippen molar-refractivity contribution in [3.63, 3.8) is 0 Å². The number of alkyl halides is 1. The van der Waals surface area contributed by atoms with E-state index in [9.17, 15) is 40.9 Å². The third kappa shape index (κ3) is 8.08. The molecule has 0 amide bonds. The van der Waals surface area contributed by atoms with Gasteiger partial charge in [0.1, 0.15) is 46.5 Å². The minimum absolute atomic E-state index is 0.0390. The lowest BCUT2D eigenvalue weighted by atomic mass is 9.95. The maximum atomic E-state index is 10.7. The molecule has 12 saturated carbocycles. The van der Waals surface area contributed by atoms with E-state index in [1.807, 2.05) is 40.5 Å². The molecule has 6 heterocycles. The number of fused-ring (bicyclic) bond motifs is 12. The van der Waals surface area contributed by atoms with Gasteiger partial charge in [0.25, 0.3) is 0 Å². The number of halogens is 1. The van der Waals surface area contributed by atoms with E-state index in [0.29, 0.717) is 47.7 Å². The number of aromatic nitrogens is 11. The smallest absolute Gasteiger partial charge is 0.166 e. The summed E-state index contributed by atoms with van der Waals surface area (Å²) in [6, 6.07) is 2.57. The minimum Gasteiger partial charge on any atom is -0.396 e. The fraction of sp³-hybridized carbons (Fsp3) is 0.738. The molecule has 11 N–H and O–H groups in total. The maximum Gasteiger partial charge on any atom is 0.166 e. The molecule has 450 valence electrons. The quantitative estimate of drug-likeness (QED) is 0.0727. The summed E-state index contributed by atoms with van der Waals surface area (Å²) in [6.07, 6.45) is 17.8. The van der Waals surface area contributed by atoms with Gasteiger partial charge in [-0.25, -0.2) is 39.9 Å². The Morgan fingerprint density at radius 2 is 0.869 bits per heavy atom. The zero-order valence-electron chi connectivity index (χ0n) is 48.0. The first-order valence-corrected chi connectivity index (χ1v) is 32.0. The Bertz CT molecular complexity index is 3210. The number of pyridine rings is 1. The van der Waals surface area contributed by atoms with E-state index in [1.54, 1.807) is 19.0 Å². The highest BCUT2D eigenvalue weighted by molar-refractivity contribution is 6.18. The number of aliphatic hydroxyl groups excluding tert-OH is 8. The monoisotopic (exact) mass is 1170 g/mol. The molecule has 12 aliphatic rings. The summed E-state index contributed by atoms with van der Waals surface area (Å²) in [5.41, 5.74) is 4.08. The van der Waals surface area contributed by atoms with Crippen molar-refractivity contribution in [1.82, 2.24) is 53.6 Å². The number of anilines is 3. The topological polar surface area (TPSA) is 316 Å². The van der Waals surface area contributed by atoms with Gasteiger partial charge in [0.2, 0.25) is 0 Å². The number of aryl methyl sites for hydroxylation is 3. The summed E-state index contributed by atoms with van der Waals surface area (Å²) in [5.74, 6) is 9.16. The van der Waals surface area contributed by atoms with Gasteiger partial charge in [-0.05, 0) is 157 Å². The molecule has 12 aliphatic carbocycles. The van der Waals surface area contributed by atoms with Gasteiger partial charge in [0.05, 0.1) is 74.1 Å². The maximum absolute atomic E-state index is 10.7. The average molecular weight is 1170 g/mol. The number of hydrogen-bond donors (Lipinski definition) is 11. The molecule has 15 unspecified atom stereocenters. The van der Waals surface area contributed by atoms with Crippen LogP contribution in [-0.2, 0) is 0 Å². The third-order valence-electron chi connectivity index (χ3n) is 24.3. The third-order valence-corrected chi connectivity index (χ3v) is 24.8. The van der Waals surface area contributed by atoms with Gasteiger partial charge in [-0.2, -0.15) is 0 Å². The summed E-state index contributed by atoms with van der Waals surface area (Å²) in [7, 11) is 0. The minimum atomic E-state index is -0.930. The van der Waals surface area contributed by atoms with Gasteiger partial charge in [-0.1, -0.05) is 19.3 Å². The van der Waals surface area contributed by atoms with E-state index in [2.05, 4.69) is 50.8 Å². The Morgan fingerprint density at radius 1 is 0.488 bits per heavy atom. The molecule has 0 aliphatic heterocycles. The molecule has 22 nitrogen and oxygen atoms in total.